The first-order valence-electron chi connectivity index (χ1n) is 5.18. The summed E-state index contributed by atoms with van der Waals surface area (Å²) < 4.78 is 0.608. The number of aromatic carboxylic acids is 1. The summed E-state index contributed by atoms with van der Waals surface area (Å²) in [6.45, 7) is 0. The van der Waals surface area contributed by atoms with E-state index in [0.29, 0.717) is 10.2 Å². The minimum absolute atomic E-state index is 0.0200. The first-order valence-corrected chi connectivity index (χ1v) is 5.97. The Balaban J connectivity index is 2.24. The average molecular weight is 322 g/mol. The summed E-state index contributed by atoms with van der Waals surface area (Å²) in [7, 11) is 0. The van der Waals surface area contributed by atoms with Gasteiger partial charge in [-0.3, -0.25) is 9.78 Å². The number of halogens is 1. The van der Waals surface area contributed by atoms with E-state index in [2.05, 4.69) is 31.2 Å². The summed E-state index contributed by atoms with van der Waals surface area (Å²) in [4.78, 5) is 30.6. The van der Waals surface area contributed by atoms with Crippen molar-refractivity contribution in [3.05, 3.63) is 52.5 Å². The van der Waals surface area contributed by atoms with Gasteiger partial charge in [-0.05, 0) is 34.1 Å². The molecule has 2 aromatic heterocycles. The van der Waals surface area contributed by atoms with Crippen molar-refractivity contribution in [1.82, 2.24) is 9.97 Å². The number of aromatic nitrogens is 2. The van der Waals surface area contributed by atoms with Crippen molar-refractivity contribution >= 4 is 33.5 Å². The van der Waals surface area contributed by atoms with Crippen molar-refractivity contribution < 1.29 is 14.7 Å². The predicted molar refractivity (Wildman–Crippen MR) is 71.1 cm³/mol. The van der Waals surface area contributed by atoms with Crippen LogP contribution in [0.4, 0.5) is 5.69 Å². The maximum atomic E-state index is 11.9. The van der Waals surface area contributed by atoms with Crippen LogP contribution in [-0.4, -0.2) is 27.0 Å². The Morgan fingerprint density at radius 3 is 2.63 bits per heavy atom. The zero-order valence-electron chi connectivity index (χ0n) is 9.50. The van der Waals surface area contributed by atoms with Crippen LogP contribution in [0.3, 0.4) is 0 Å². The number of rotatable bonds is 3. The van der Waals surface area contributed by atoms with Gasteiger partial charge >= 0.3 is 5.97 Å². The number of anilines is 1. The summed E-state index contributed by atoms with van der Waals surface area (Å²) >= 11 is 3.16. The van der Waals surface area contributed by atoms with Gasteiger partial charge in [-0.1, -0.05) is 0 Å². The maximum Gasteiger partial charge on any atom is 0.337 e. The molecule has 0 aliphatic rings. The Labute approximate surface area is 116 Å². The van der Waals surface area contributed by atoms with E-state index in [1.807, 2.05) is 0 Å². The monoisotopic (exact) mass is 321 g/mol. The molecule has 96 valence electrons. The van der Waals surface area contributed by atoms with Crippen LogP contribution in [0.25, 0.3) is 0 Å². The second kappa shape index (κ2) is 5.57. The molecule has 2 N–H and O–H groups in total. The third-order valence-corrected chi connectivity index (χ3v) is 2.76. The highest BCUT2D eigenvalue weighted by atomic mass is 79.9. The van der Waals surface area contributed by atoms with Crippen molar-refractivity contribution in [1.29, 1.82) is 0 Å². The molecule has 2 rings (SSSR count). The molecular weight excluding hydrogens is 314 g/mol. The molecule has 2 aromatic rings. The van der Waals surface area contributed by atoms with E-state index in [9.17, 15) is 9.59 Å². The molecule has 0 radical (unpaired) electrons. The molecule has 0 bridgehead atoms. The molecular formula is C12H8BrN3O3. The molecule has 0 aliphatic carbocycles. The SMILES string of the molecule is O=C(Nc1cnccc1C(=O)O)c1ccc(Br)nc1. The number of carbonyl (C=O) groups is 2. The smallest absolute Gasteiger partial charge is 0.337 e. The maximum absolute atomic E-state index is 11.9. The lowest BCUT2D eigenvalue weighted by Gasteiger charge is -2.07. The first kappa shape index (κ1) is 13.2. The molecule has 0 spiro atoms. The topological polar surface area (TPSA) is 92.2 Å². The summed E-state index contributed by atoms with van der Waals surface area (Å²) in [5.74, 6) is -1.58. The van der Waals surface area contributed by atoms with Gasteiger partial charge in [0, 0.05) is 12.4 Å². The summed E-state index contributed by atoms with van der Waals surface area (Å²) in [6, 6.07) is 4.51. The molecule has 0 saturated heterocycles. The Hall–Kier alpha value is -2.28. The Morgan fingerprint density at radius 1 is 1.21 bits per heavy atom. The third kappa shape index (κ3) is 3.14. The van der Waals surface area contributed by atoms with Crippen LogP contribution < -0.4 is 5.32 Å². The Bertz CT molecular complexity index is 628. The van der Waals surface area contributed by atoms with E-state index >= 15 is 0 Å². The van der Waals surface area contributed by atoms with E-state index in [1.165, 1.54) is 24.7 Å². The average Bonchev–Trinajstić information content (AvgIpc) is 2.39. The molecule has 19 heavy (non-hydrogen) atoms. The minimum atomic E-state index is -1.13. The van der Waals surface area contributed by atoms with E-state index in [1.54, 1.807) is 12.1 Å². The fourth-order valence-electron chi connectivity index (χ4n) is 1.39. The molecule has 1 amide bonds. The zero-order valence-corrected chi connectivity index (χ0v) is 11.1. The largest absolute Gasteiger partial charge is 0.478 e. The summed E-state index contributed by atoms with van der Waals surface area (Å²) in [6.07, 6.45) is 4.02. The normalized spacial score (nSPS) is 9.95. The van der Waals surface area contributed by atoms with Gasteiger partial charge in [-0.25, -0.2) is 9.78 Å². The van der Waals surface area contributed by atoms with E-state index in [-0.39, 0.29) is 11.3 Å². The molecule has 0 fully saturated rings. The standard InChI is InChI=1S/C12H8BrN3O3/c13-10-2-1-7(5-15-10)11(17)16-9-6-14-4-3-8(9)12(18)19/h1-6H,(H,16,17)(H,18,19). The quantitative estimate of drug-likeness (QED) is 0.845. The molecule has 0 aliphatic heterocycles. The lowest BCUT2D eigenvalue weighted by atomic mass is 10.2. The molecule has 0 unspecified atom stereocenters. The van der Waals surface area contributed by atoms with Gasteiger partial charge in [0.05, 0.1) is 23.0 Å². The number of carbonyl (C=O) groups excluding carboxylic acids is 1. The fourth-order valence-corrected chi connectivity index (χ4v) is 1.62. The minimum Gasteiger partial charge on any atom is -0.478 e. The van der Waals surface area contributed by atoms with Crippen molar-refractivity contribution in [3.8, 4) is 0 Å². The molecule has 6 nitrogen and oxygen atoms in total. The van der Waals surface area contributed by atoms with Crippen LogP contribution in [0.1, 0.15) is 20.7 Å². The van der Waals surface area contributed by atoms with Crippen LogP contribution in [0.2, 0.25) is 0 Å². The molecule has 7 heteroatoms. The van der Waals surface area contributed by atoms with Crippen LogP contribution in [0.5, 0.6) is 0 Å². The fraction of sp³-hybridized carbons (Fsp3) is 0. The van der Waals surface area contributed by atoms with Crippen molar-refractivity contribution in [2.24, 2.45) is 0 Å². The summed E-state index contributed by atoms with van der Waals surface area (Å²) in [5, 5.41) is 11.5. The number of hydrogen-bond acceptors (Lipinski definition) is 4. The van der Waals surface area contributed by atoms with Gasteiger partial charge in [-0.15, -0.1) is 0 Å². The lowest BCUT2D eigenvalue weighted by molar-refractivity contribution is 0.0698. The highest BCUT2D eigenvalue weighted by Crippen LogP contribution is 2.15. The molecule has 2 heterocycles. The second-order valence-corrected chi connectivity index (χ2v) is 4.36. The van der Waals surface area contributed by atoms with Crippen molar-refractivity contribution in [2.75, 3.05) is 5.32 Å². The van der Waals surface area contributed by atoms with Crippen molar-refractivity contribution in [3.63, 3.8) is 0 Å². The van der Waals surface area contributed by atoms with Crippen LogP contribution in [-0.2, 0) is 0 Å². The second-order valence-electron chi connectivity index (χ2n) is 3.55. The lowest BCUT2D eigenvalue weighted by Crippen LogP contribution is -2.15. The highest BCUT2D eigenvalue weighted by Gasteiger charge is 2.13. The number of amides is 1. The number of nitrogens with zero attached hydrogens (tertiary/aromatic N) is 2. The first-order chi connectivity index (χ1) is 9.08. The molecule has 0 atom stereocenters. The molecule has 0 saturated carbocycles. The molecule has 0 aromatic carbocycles. The Kier molecular flexibility index (Phi) is 3.86. The van der Waals surface area contributed by atoms with Gasteiger partial charge in [0.1, 0.15) is 4.60 Å². The number of pyridine rings is 2. The van der Waals surface area contributed by atoms with E-state index < -0.39 is 11.9 Å². The number of hydrogen-bond donors (Lipinski definition) is 2. The van der Waals surface area contributed by atoms with Crippen molar-refractivity contribution in [2.45, 2.75) is 0 Å². The number of carboxylic acid groups (broad SMARTS) is 1. The van der Waals surface area contributed by atoms with Gasteiger partial charge in [0.2, 0.25) is 0 Å². The number of carboxylic acids is 1. The van der Waals surface area contributed by atoms with E-state index in [0.717, 1.165) is 0 Å². The van der Waals surface area contributed by atoms with Gasteiger partial charge < -0.3 is 10.4 Å². The van der Waals surface area contributed by atoms with Crippen LogP contribution in [0.15, 0.2) is 41.4 Å². The highest BCUT2D eigenvalue weighted by molar-refractivity contribution is 9.10. The van der Waals surface area contributed by atoms with E-state index in [4.69, 9.17) is 5.11 Å². The predicted octanol–water partition coefficient (Wildman–Crippen LogP) is 2.19. The Morgan fingerprint density at radius 2 is 2.00 bits per heavy atom. The van der Waals surface area contributed by atoms with Crippen LogP contribution >= 0.6 is 15.9 Å². The van der Waals surface area contributed by atoms with Gasteiger partial charge in [0.15, 0.2) is 0 Å². The van der Waals surface area contributed by atoms with Gasteiger partial charge in [-0.2, -0.15) is 0 Å². The zero-order chi connectivity index (χ0) is 13.8. The van der Waals surface area contributed by atoms with Crippen LogP contribution in [0, 0.1) is 0 Å². The third-order valence-electron chi connectivity index (χ3n) is 2.29. The number of nitrogens with one attached hydrogen (secondary N) is 1. The summed E-state index contributed by atoms with van der Waals surface area (Å²) in [5.41, 5.74) is 0.444. The van der Waals surface area contributed by atoms with Gasteiger partial charge in [0.25, 0.3) is 5.91 Å².